The molecule has 3 aromatic rings. The summed E-state index contributed by atoms with van der Waals surface area (Å²) in [5.74, 6) is 1.54. The number of nitrogens with zero attached hydrogens (tertiary/aromatic N) is 4. The van der Waals surface area contributed by atoms with Crippen molar-refractivity contribution in [2.24, 2.45) is 0 Å². The van der Waals surface area contributed by atoms with Gasteiger partial charge in [0, 0.05) is 23.5 Å². The Labute approximate surface area is 177 Å². The van der Waals surface area contributed by atoms with Gasteiger partial charge in [-0.3, -0.25) is 19.2 Å². The average Bonchev–Trinajstić information content (AvgIpc) is 2.77. The molecule has 30 heavy (non-hydrogen) atoms. The zero-order chi connectivity index (χ0) is 21.1. The van der Waals surface area contributed by atoms with Gasteiger partial charge in [0.25, 0.3) is 5.56 Å². The van der Waals surface area contributed by atoms with Crippen LogP contribution in [0.3, 0.4) is 0 Å². The Morgan fingerprint density at radius 1 is 1.00 bits per heavy atom. The van der Waals surface area contributed by atoms with Gasteiger partial charge in [-0.15, -0.1) is 0 Å². The molecule has 0 N–H and O–H groups in total. The van der Waals surface area contributed by atoms with Crippen LogP contribution in [0.4, 0.5) is 11.6 Å². The van der Waals surface area contributed by atoms with Crippen molar-refractivity contribution < 1.29 is 4.74 Å². The SMILES string of the molecule is CCOc1ccc(N2CN(CCc3ccccc3)Cn3c2nc(C)c(C)c3=O)cc1. The van der Waals surface area contributed by atoms with E-state index in [1.807, 2.05) is 51.1 Å². The molecule has 1 aromatic heterocycles. The first kappa shape index (κ1) is 20.2. The monoisotopic (exact) mass is 404 g/mol. The third-order valence-electron chi connectivity index (χ3n) is 5.56. The van der Waals surface area contributed by atoms with E-state index in [0.717, 1.165) is 30.1 Å². The predicted molar refractivity (Wildman–Crippen MR) is 119 cm³/mol. The van der Waals surface area contributed by atoms with Crippen molar-refractivity contribution in [3.8, 4) is 5.75 Å². The highest BCUT2D eigenvalue weighted by Gasteiger charge is 2.27. The first-order chi connectivity index (χ1) is 14.6. The third kappa shape index (κ3) is 4.09. The van der Waals surface area contributed by atoms with Gasteiger partial charge in [0.1, 0.15) is 5.75 Å². The number of benzene rings is 2. The zero-order valence-corrected chi connectivity index (χ0v) is 17.8. The van der Waals surface area contributed by atoms with Crippen molar-refractivity contribution in [2.75, 3.05) is 24.7 Å². The number of hydrogen-bond donors (Lipinski definition) is 0. The van der Waals surface area contributed by atoms with E-state index in [9.17, 15) is 4.79 Å². The molecular weight excluding hydrogens is 376 g/mol. The maximum atomic E-state index is 13.0. The Morgan fingerprint density at radius 2 is 1.73 bits per heavy atom. The fraction of sp³-hybridized carbons (Fsp3) is 0.333. The Morgan fingerprint density at radius 3 is 2.43 bits per heavy atom. The number of fused-ring (bicyclic) bond motifs is 1. The van der Waals surface area contributed by atoms with Gasteiger partial charge in [0.15, 0.2) is 0 Å². The van der Waals surface area contributed by atoms with E-state index in [1.54, 1.807) is 4.57 Å². The van der Waals surface area contributed by atoms with E-state index in [4.69, 9.17) is 9.72 Å². The summed E-state index contributed by atoms with van der Waals surface area (Å²) in [6.45, 7) is 8.43. The summed E-state index contributed by atoms with van der Waals surface area (Å²) in [5, 5.41) is 0. The fourth-order valence-electron chi connectivity index (χ4n) is 3.74. The Kier molecular flexibility index (Phi) is 5.86. The standard InChI is InChI=1S/C24H28N4O2/c1-4-30-22-12-10-21(11-13-22)27-16-26(15-14-20-8-6-5-7-9-20)17-28-23(29)18(2)19(3)25-24(27)28/h5-13H,4,14-17H2,1-3H3. The molecule has 0 fully saturated rings. The molecule has 0 saturated carbocycles. The van der Waals surface area contributed by atoms with Crippen LogP contribution < -0.4 is 15.2 Å². The van der Waals surface area contributed by atoms with Crippen LogP contribution in [0.5, 0.6) is 5.75 Å². The second kappa shape index (κ2) is 8.71. The highest BCUT2D eigenvalue weighted by atomic mass is 16.5. The molecule has 156 valence electrons. The maximum Gasteiger partial charge on any atom is 0.259 e. The smallest absolute Gasteiger partial charge is 0.259 e. The number of aryl methyl sites for hydroxylation is 1. The van der Waals surface area contributed by atoms with Crippen LogP contribution in [-0.2, 0) is 13.1 Å². The second-order valence-corrected chi connectivity index (χ2v) is 7.62. The van der Waals surface area contributed by atoms with Crippen LogP contribution in [0, 0.1) is 13.8 Å². The van der Waals surface area contributed by atoms with Crippen molar-refractivity contribution in [1.82, 2.24) is 14.5 Å². The van der Waals surface area contributed by atoms with Gasteiger partial charge in [-0.2, -0.15) is 0 Å². The van der Waals surface area contributed by atoms with Gasteiger partial charge < -0.3 is 4.74 Å². The lowest BCUT2D eigenvalue weighted by molar-refractivity contribution is 0.200. The molecule has 0 spiro atoms. The highest BCUT2D eigenvalue weighted by Crippen LogP contribution is 2.29. The topological polar surface area (TPSA) is 50.6 Å². The number of ether oxygens (including phenoxy) is 1. The van der Waals surface area contributed by atoms with E-state index in [-0.39, 0.29) is 5.56 Å². The predicted octanol–water partition coefficient (Wildman–Crippen LogP) is 3.87. The summed E-state index contributed by atoms with van der Waals surface area (Å²) in [7, 11) is 0. The molecule has 0 bridgehead atoms. The first-order valence-electron chi connectivity index (χ1n) is 10.4. The molecule has 6 heteroatoms. The third-order valence-corrected chi connectivity index (χ3v) is 5.56. The minimum Gasteiger partial charge on any atom is -0.494 e. The zero-order valence-electron chi connectivity index (χ0n) is 17.8. The van der Waals surface area contributed by atoms with Crippen molar-refractivity contribution in [3.05, 3.63) is 81.8 Å². The van der Waals surface area contributed by atoms with Crippen LogP contribution in [-0.4, -0.2) is 34.3 Å². The maximum absolute atomic E-state index is 13.0. The minimum atomic E-state index is 0.0258. The first-order valence-corrected chi connectivity index (χ1v) is 10.4. The molecule has 1 aliphatic heterocycles. The van der Waals surface area contributed by atoms with Crippen molar-refractivity contribution >= 4 is 11.6 Å². The van der Waals surface area contributed by atoms with Gasteiger partial charge in [0.2, 0.25) is 5.95 Å². The quantitative estimate of drug-likeness (QED) is 0.624. The molecule has 0 aliphatic carbocycles. The van der Waals surface area contributed by atoms with Crippen molar-refractivity contribution in [2.45, 2.75) is 33.9 Å². The Hall–Kier alpha value is -3.12. The van der Waals surface area contributed by atoms with Gasteiger partial charge >= 0.3 is 0 Å². The summed E-state index contributed by atoms with van der Waals surface area (Å²) in [5.41, 5.74) is 3.79. The summed E-state index contributed by atoms with van der Waals surface area (Å²) < 4.78 is 7.37. The van der Waals surface area contributed by atoms with E-state index in [1.165, 1.54) is 5.56 Å². The van der Waals surface area contributed by atoms with E-state index in [2.05, 4.69) is 34.1 Å². The van der Waals surface area contributed by atoms with Crippen molar-refractivity contribution in [3.63, 3.8) is 0 Å². The molecule has 2 aromatic carbocycles. The van der Waals surface area contributed by atoms with Crippen LogP contribution in [0.25, 0.3) is 0 Å². The van der Waals surface area contributed by atoms with Gasteiger partial charge in [0.05, 0.1) is 19.9 Å². The fourth-order valence-corrected chi connectivity index (χ4v) is 3.74. The second-order valence-electron chi connectivity index (χ2n) is 7.62. The van der Waals surface area contributed by atoms with Crippen molar-refractivity contribution in [1.29, 1.82) is 0 Å². The van der Waals surface area contributed by atoms with Crippen LogP contribution >= 0.6 is 0 Å². The molecule has 0 atom stereocenters. The molecule has 0 radical (unpaired) electrons. The molecule has 0 unspecified atom stereocenters. The van der Waals surface area contributed by atoms with Crippen LogP contribution in [0.15, 0.2) is 59.4 Å². The molecule has 2 heterocycles. The molecule has 1 aliphatic rings. The summed E-state index contributed by atoms with van der Waals surface area (Å²) >= 11 is 0. The lowest BCUT2D eigenvalue weighted by atomic mass is 10.1. The highest BCUT2D eigenvalue weighted by molar-refractivity contribution is 5.59. The van der Waals surface area contributed by atoms with E-state index >= 15 is 0 Å². The molecular formula is C24H28N4O2. The van der Waals surface area contributed by atoms with Crippen LogP contribution in [0.2, 0.25) is 0 Å². The van der Waals surface area contributed by atoms with Gasteiger partial charge in [-0.05, 0) is 57.0 Å². The molecule has 6 nitrogen and oxygen atoms in total. The summed E-state index contributed by atoms with van der Waals surface area (Å²) in [4.78, 5) is 22.2. The molecule has 4 rings (SSSR count). The Bertz CT molecular complexity index is 1060. The number of aromatic nitrogens is 2. The largest absolute Gasteiger partial charge is 0.494 e. The number of rotatable bonds is 6. The Balaban J connectivity index is 1.66. The molecule has 0 amide bonds. The normalized spacial score (nSPS) is 13.9. The lowest BCUT2D eigenvalue weighted by Crippen LogP contribution is -2.48. The number of anilines is 2. The van der Waals surface area contributed by atoms with E-state index in [0.29, 0.717) is 31.5 Å². The van der Waals surface area contributed by atoms with Gasteiger partial charge in [-0.1, -0.05) is 30.3 Å². The molecule has 0 saturated heterocycles. The summed E-state index contributed by atoms with van der Waals surface area (Å²) in [6.07, 6.45) is 0.931. The lowest BCUT2D eigenvalue weighted by Gasteiger charge is -2.38. The van der Waals surface area contributed by atoms with Gasteiger partial charge in [-0.25, -0.2) is 4.98 Å². The average molecular weight is 405 g/mol. The number of hydrogen-bond acceptors (Lipinski definition) is 5. The minimum absolute atomic E-state index is 0.0258. The summed E-state index contributed by atoms with van der Waals surface area (Å²) in [6, 6.07) is 18.4. The van der Waals surface area contributed by atoms with Crippen LogP contribution in [0.1, 0.15) is 23.7 Å². The van der Waals surface area contributed by atoms with E-state index < -0.39 is 0 Å².